The lowest BCUT2D eigenvalue weighted by molar-refractivity contribution is 0.0800. The summed E-state index contributed by atoms with van der Waals surface area (Å²) in [6, 6.07) is 13.5. The van der Waals surface area contributed by atoms with Crippen LogP contribution in [0.15, 0.2) is 42.5 Å². The Labute approximate surface area is 165 Å². The van der Waals surface area contributed by atoms with Crippen LogP contribution in [0.2, 0.25) is 5.02 Å². The number of carbonyl (C=O) groups excluding carboxylic acids is 1. The van der Waals surface area contributed by atoms with E-state index in [1.54, 1.807) is 7.05 Å². The average molecular weight is 388 g/mol. The van der Waals surface area contributed by atoms with E-state index in [0.717, 1.165) is 17.5 Å². The molecule has 1 aliphatic rings. The molecule has 5 heteroatoms. The zero-order valence-electron chi connectivity index (χ0n) is 16.0. The van der Waals surface area contributed by atoms with E-state index in [-0.39, 0.29) is 18.3 Å². The number of aliphatic hydroxyl groups is 1. The van der Waals surface area contributed by atoms with Crippen molar-refractivity contribution in [3.63, 3.8) is 0 Å². The minimum atomic E-state index is -0.597. The van der Waals surface area contributed by atoms with Gasteiger partial charge in [0.25, 0.3) is 0 Å². The van der Waals surface area contributed by atoms with Crippen molar-refractivity contribution in [3.8, 4) is 5.75 Å². The predicted octanol–water partition coefficient (Wildman–Crippen LogP) is 4.04. The number of fused-ring (bicyclic) bond motifs is 1. The highest BCUT2D eigenvalue weighted by atomic mass is 35.5. The molecule has 1 aliphatic carbocycles. The first-order valence-corrected chi connectivity index (χ1v) is 9.59. The summed E-state index contributed by atoms with van der Waals surface area (Å²) in [5, 5.41) is 13.4. The van der Waals surface area contributed by atoms with Crippen molar-refractivity contribution in [2.75, 3.05) is 20.2 Å². The van der Waals surface area contributed by atoms with Crippen LogP contribution in [-0.4, -0.2) is 37.2 Å². The molecule has 2 aromatic rings. The fourth-order valence-corrected chi connectivity index (χ4v) is 3.81. The summed E-state index contributed by atoms with van der Waals surface area (Å²) in [6.45, 7) is 4.62. The highest BCUT2D eigenvalue weighted by Crippen LogP contribution is 2.46. The lowest BCUT2D eigenvalue weighted by atomic mass is 9.66. The molecular formula is C22H26ClNO3. The number of likely N-dealkylation sites (N-methyl/N-ethyl adjacent to an activating group) is 1. The Bertz CT molecular complexity index is 817. The summed E-state index contributed by atoms with van der Waals surface area (Å²) in [7, 11) is 1.78. The van der Waals surface area contributed by atoms with Crippen molar-refractivity contribution in [2.45, 2.75) is 32.3 Å². The topological polar surface area (TPSA) is 58.6 Å². The minimum Gasteiger partial charge on any atom is -0.491 e. The minimum absolute atomic E-state index is 0.129. The van der Waals surface area contributed by atoms with Crippen LogP contribution >= 0.6 is 11.6 Å². The van der Waals surface area contributed by atoms with Gasteiger partial charge in [-0.05, 0) is 48.9 Å². The molecule has 2 aromatic carbocycles. The van der Waals surface area contributed by atoms with Crippen molar-refractivity contribution in [3.05, 3.63) is 64.2 Å². The quantitative estimate of drug-likeness (QED) is 0.785. The molecule has 0 amide bonds. The van der Waals surface area contributed by atoms with E-state index in [1.165, 1.54) is 0 Å². The van der Waals surface area contributed by atoms with Crippen molar-refractivity contribution in [1.29, 1.82) is 0 Å². The van der Waals surface area contributed by atoms with Gasteiger partial charge in [-0.15, -0.1) is 0 Å². The second-order valence-electron chi connectivity index (χ2n) is 7.79. The van der Waals surface area contributed by atoms with E-state index in [2.05, 4.69) is 5.32 Å². The van der Waals surface area contributed by atoms with Gasteiger partial charge in [-0.2, -0.15) is 0 Å². The maximum atomic E-state index is 13.0. The molecule has 0 saturated carbocycles. The van der Waals surface area contributed by atoms with Gasteiger partial charge in [-0.1, -0.05) is 43.6 Å². The number of Topliss-reactive ketones (excluding diaryl/α,β-unsaturated/α-hetero) is 1. The van der Waals surface area contributed by atoms with Crippen LogP contribution in [0, 0.1) is 5.41 Å². The van der Waals surface area contributed by atoms with Gasteiger partial charge in [-0.3, -0.25) is 4.79 Å². The summed E-state index contributed by atoms with van der Waals surface area (Å²) in [5.74, 6) is 0.864. The molecule has 0 saturated heterocycles. The number of halogens is 1. The standard InChI is InChI=1S/C22H26ClNO3/c1-22(2)11-20(14-4-6-15(23)7-5-14)18-9-8-17(10-19(18)21(22)26)27-13-16(25)12-24-3/h4-10,16,20,24-25H,11-13H2,1-3H3. The second kappa shape index (κ2) is 8.01. The molecule has 4 nitrogen and oxygen atoms in total. The van der Waals surface area contributed by atoms with Gasteiger partial charge in [0.05, 0.1) is 0 Å². The number of hydrogen-bond donors (Lipinski definition) is 2. The third-order valence-electron chi connectivity index (χ3n) is 5.13. The molecular weight excluding hydrogens is 362 g/mol. The predicted molar refractivity (Wildman–Crippen MR) is 108 cm³/mol. The zero-order chi connectivity index (χ0) is 19.6. The number of benzene rings is 2. The van der Waals surface area contributed by atoms with Crippen LogP contribution in [0.1, 0.15) is 47.7 Å². The van der Waals surface area contributed by atoms with E-state index in [1.807, 2.05) is 56.3 Å². The van der Waals surface area contributed by atoms with Crippen molar-refractivity contribution < 1.29 is 14.6 Å². The first kappa shape index (κ1) is 19.9. The largest absolute Gasteiger partial charge is 0.491 e. The SMILES string of the molecule is CNCC(O)COc1ccc2c(c1)C(=O)C(C)(C)CC2c1ccc(Cl)cc1. The first-order valence-electron chi connectivity index (χ1n) is 9.21. The highest BCUT2D eigenvalue weighted by Gasteiger charge is 2.40. The first-order chi connectivity index (χ1) is 12.8. The number of nitrogens with one attached hydrogen (secondary N) is 1. The molecule has 144 valence electrons. The van der Waals surface area contributed by atoms with E-state index in [9.17, 15) is 9.90 Å². The fraction of sp³-hybridized carbons (Fsp3) is 0.409. The van der Waals surface area contributed by atoms with Gasteiger partial charge in [0.1, 0.15) is 18.5 Å². The smallest absolute Gasteiger partial charge is 0.168 e. The van der Waals surface area contributed by atoms with E-state index in [4.69, 9.17) is 16.3 Å². The maximum Gasteiger partial charge on any atom is 0.168 e. The summed E-state index contributed by atoms with van der Waals surface area (Å²) in [6.07, 6.45) is 0.154. The number of aliphatic hydroxyl groups excluding tert-OH is 1. The van der Waals surface area contributed by atoms with Gasteiger partial charge in [-0.25, -0.2) is 0 Å². The van der Waals surface area contributed by atoms with Crippen molar-refractivity contribution >= 4 is 17.4 Å². The second-order valence-corrected chi connectivity index (χ2v) is 8.23. The Morgan fingerprint density at radius 1 is 1.26 bits per heavy atom. The van der Waals surface area contributed by atoms with Crippen LogP contribution in [0.25, 0.3) is 0 Å². The Balaban J connectivity index is 1.93. The van der Waals surface area contributed by atoms with Crippen molar-refractivity contribution in [1.82, 2.24) is 5.32 Å². The van der Waals surface area contributed by atoms with Gasteiger partial charge in [0.2, 0.25) is 0 Å². The zero-order valence-corrected chi connectivity index (χ0v) is 16.7. The molecule has 0 aliphatic heterocycles. The van der Waals surface area contributed by atoms with Crippen LogP contribution in [0.5, 0.6) is 5.75 Å². The lowest BCUT2D eigenvalue weighted by Crippen LogP contribution is -2.33. The van der Waals surface area contributed by atoms with Crippen LogP contribution in [0.4, 0.5) is 0 Å². The van der Waals surface area contributed by atoms with Gasteiger partial charge >= 0.3 is 0 Å². The lowest BCUT2D eigenvalue weighted by Gasteiger charge is -2.36. The fourth-order valence-electron chi connectivity index (χ4n) is 3.68. The molecule has 2 N–H and O–H groups in total. The van der Waals surface area contributed by atoms with Gasteiger partial charge in [0.15, 0.2) is 5.78 Å². The van der Waals surface area contributed by atoms with E-state index < -0.39 is 11.5 Å². The molecule has 0 radical (unpaired) electrons. The number of ether oxygens (including phenoxy) is 1. The van der Waals surface area contributed by atoms with E-state index >= 15 is 0 Å². The third kappa shape index (κ3) is 4.34. The molecule has 0 heterocycles. The number of ketones is 1. The molecule has 2 unspecified atom stereocenters. The van der Waals surface area contributed by atoms with Crippen LogP contribution in [0.3, 0.4) is 0 Å². The number of hydrogen-bond acceptors (Lipinski definition) is 4. The number of rotatable bonds is 6. The van der Waals surface area contributed by atoms with Gasteiger partial charge < -0.3 is 15.2 Å². The molecule has 27 heavy (non-hydrogen) atoms. The van der Waals surface area contributed by atoms with E-state index in [0.29, 0.717) is 22.9 Å². The summed E-state index contributed by atoms with van der Waals surface area (Å²) in [4.78, 5) is 13.0. The molecule has 0 aromatic heterocycles. The molecule has 0 bridgehead atoms. The Hall–Kier alpha value is -1.88. The normalized spacial score (nSPS) is 19.4. The Morgan fingerprint density at radius 3 is 2.63 bits per heavy atom. The van der Waals surface area contributed by atoms with Crippen molar-refractivity contribution in [2.24, 2.45) is 5.41 Å². The highest BCUT2D eigenvalue weighted by molar-refractivity contribution is 6.30. The van der Waals surface area contributed by atoms with Crippen LogP contribution in [-0.2, 0) is 0 Å². The third-order valence-corrected chi connectivity index (χ3v) is 5.38. The molecule has 0 fully saturated rings. The Morgan fingerprint density at radius 2 is 1.96 bits per heavy atom. The van der Waals surface area contributed by atoms with Gasteiger partial charge in [0, 0.05) is 28.5 Å². The number of carbonyl (C=O) groups is 1. The molecule has 3 rings (SSSR count). The average Bonchev–Trinajstić information content (AvgIpc) is 2.64. The van der Waals surface area contributed by atoms with Crippen LogP contribution < -0.4 is 10.1 Å². The maximum absolute atomic E-state index is 13.0. The summed E-state index contributed by atoms with van der Waals surface area (Å²) in [5.41, 5.74) is 2.41. The molecule has 2 atom stereocenters. The summed E-state index contributed by atoms with van der Waals surface area (Å²) >= 11 is 6.04. The Kier molecular flexibility index (Phi) is 5.89. The summed E-state index contributed by atoms with van der Waals surface area (Å²) < 4.78 is 5.70. The molecule has 0 spiro atoms. The monoisotopic (exact) mass is 387 g/mol.